The van der Waals surface area contributed by atoms with Crippen LogP contribution < -0.4 is 4.74 Å². The van der Waals surface area contributed by atoms with Gasteiger partial charge in [-0.05, 0) is 35.7 Å². The Balaban J connectivity index is 1.64. The molecule has 0 amide bonds. The van der Waals surface area contributed by atoms with E-state index >= 15 is 0 Å². The molecule has 1 aromatic heterocycles. The summed E-state index contributed by atoms with van der Waals surface area (Å²) >= 11 is 17.9. The smallest absolute Gasteiger partial charge is 0.213 e. The van der Waals surface area contributed by atoms with Gasteiger partial charge in [0.25, 0.3) is 0 Å². The van der Waals surface area contributed by atoms with Crippen LogP contribution in [-0.2, 0) is 0 Å². The molecule has 7 heteroatoms. The van der Waals surface area contributed by atoms with Crippen molar-refractivity contribution < 1.29 is 4.74 Å². The number of hydrogen-bond acceptors (Lipinski definition) is 4. The first-order chi connectivity index (χ1) is 13.1. The van der Waals surface area contributed by atoms with Crippen LogP contribution in [0.3, 0.4) is 0 Å². The van der Waals surface area contributed by atoms with Gasteiger partial charge >= 0.3 is 0 Å². The van der Waals surface area contributed by atoms with Crippen LogP contribution in [0, 0.1) is 0 Å². The van der Waals surface area contributed by atoms with Gasteiger partial charge in [0.2, 0.25) is 6.23 Å². The van der Waals surface area contributed by atoms with Crippen LogP contribution >= 0.6 is 50.5 Å². The van der Waals surface area contributed by atoms with Gasteiger partial charge in [-0.2, -0.15) is 5.10 Å². The zero-order valence-corrected chi connectivity index (χ0v) is 17.8. The van der Waals surface area contributed by atoms with Gasteiger partial charge in [0.05, 0.1) is 21.7 Å². The van der Waals surface area contributed by atoms with Crippen molar-refractivity contribution in [3.05, 3.63) is 84.4 Å². The van der Waals surface area contributed by atoms with Gasteiger partial charge in [0.15, 0.2) is 0 Å². The normalized spacial score (nSPS) is 20.7. The Morgan fingerprint density at radius 3 is 2.70 bits per heavy atom. The highest BCUT2D eigenvalue weighted by molar-refractivity contribution is 9.10. The van der Waals surface area contributed by atoms with Crippen LogP contribution in [0.5, 0.6) is 5.75 Å². The van der Waals surface area contributed by atoms with Gasteiger partial charge in [-0.1, -0.05) is 57.3 Å². The Morgan fingerprint density at radius 1 is 1.15 bits per heavy atom. The number of thiophene rings is 1. The lowest BCUT2D eigenvalue weighted by Gasteiger charge is -2.38. The average Bonchev–Trinajstić information content (AvgIpc) is 3.32. The molecule has 2 aromatic carbocycles. The predicted octanol–water partition coefficient (Wildman–Crippen LogP) is 7.06. The van der Waals surface area contributed by atoms with Gasteiger partial charge in [-0.3, -0.25) is 0 Å². The largest absolute Gasteiger partial charge is 0.463 e. The van der Waals surface area contributed by atoms with Crippen LogP contribution in [0.2, 0.25) is 10.0 Å². The minimum atomic E-state index is -0.341. The van der Waals surface area contributed by atoms with E-state index in [0.717, 1.165) is 27.7 Å². The van der Waals surface area contributed by atoms with E-state index in [9.17, 15) is 0 Å². The second-order valence-electron chi connectivity index (χ2n) is 6.45. The lowest BCUT2D eigenvalue weighted by Crippen LogP contribution is -2.33. The summed E-state index contributed by atoms with van der Waals surface area (Å²) in [4.78, 5) is 1.17. The van der Waals surface area contributed by atoms with Crippen molar-refractivity contribution in [1.82, 2.24) is 5.01 Å². The molecule has 2 atom stereocenters. The zero-order chi connectivity index (χ0) is 18.5. The number of benzene rings is 2. The molecule has 0 spiro atoms. The van der Waals surface area contributed by atoms with E-state index in [2.05, 4.69) is 27.4 Å². The zero-order valence-electron chi connectivity index (χ0n) is 13.9. The van der Waals surface area contributed by atoms with Crippen LogP contribution in [-0.4, -0.2) is 10.7 Å². The first kappa shape index (κ1) is 17.6. The van der Waals surface area contributed by atoms with Crippen LogP contribution in [0.25, 0.3) is 0 Å². The molecule has 0 bridgehead atoms. The standard InChI is InChI=1S/C20H13BrCl2N2OS/c21-12-5-3-11(4-6-12)20-25-17(10-16(24-25)18-2-1-7-27-18)14-8-13(22)9-15(23)19(14)26-20/h1-9,17,20H,10H2/t17-,20-/m0/s1. The summed E-state index contributed by atoms with van der Waals surface area (Å²) in [6.07, 6.45) is 0.451. The molecular weight excluding hydrogens is 467 g/mol. The van der Waals surface area contributed by atoms with Gasteiger partial charge in [0.1, 0.15) is 5.75 Å². The number of nitrogens with zero attached hydrogens (tertiary/aromatic N) is 2. The molecule has 0 N–H and O–H groups in total. The molecule has 27 heavy (non-hydrogen) atoms. The lowest BCUT2D eigenvalue weighted by atomic mass is 9.97. The van der Waals surface area contributed by atoms with Crippen molar-refractivity contribution in [2.45, 2.75) is 18.7 Å². The van der Waals surface area contributed by atoms with Crippen molar-refractivity contribution in [3.63, 3.8) is 0 Å². The molecule has 5 rings (SSSR count). The summed E-state index contributed by atoms with van der Waals surface area (Å²) in [6.45, 7) is 0. The highest BCUT2D eigenvalue weighted by Crippen LogP contribution is 2.51. The Labute approximate surface area is 179 Å². The minimum absolute atomic E-state index is 0.0377. The summed E-state index contributed by atoms with van der Waals surface area (Å²) in [5, 5.41) is 10.2. The van der Waals surface area contributed by atoms with E-state index in [1.54, 1.807) is 17.4 Å². The predicted molar refractivity (Wildman–Crippen MR) is 114 cm³/mol. The summed E-state index contributed by atoms with van der Waals surface area (Å²) in [5.74, 6) is 0.692. The number of fused-ring (bicyclic) bond motifs is 3. The molecule has 0 saturated heterocycles. The highest BCUT2D eigenvalue weighted by atomic mass is 79.9. The van der Waals surface area contributed by atoms with Crippen LogP contribution in [0.1, 0.15) is 34.7 Å². The fourth-order valence-electron chi connectivity index (χ4n) is 3.55. The number of ether oxygens (including phenoxy) is 1. The molecule has 2 aliphatic heterocycles. The molecule has 0 aliphatic carbocycles. The number of halogens is 3. The minimum Gasteiger partial charge on any atom is -0.463 e. The third-order valence-corrected chi connectivity index (χ3v) is 6.72. The lowest BCUT2D eigenvalue weighted by molar-refractivity contribution is -0.0189. The molecule has 136 valence electrons. The van der Waals surface area contributed by atoms with E-state index < -0.39 is 0 Å². The molecular formula is C20H13BrCl2N2OS. The second kappa shape index (κ2) is 6.82. The quantitative estimate of drug-likeness (QED) is 0.393. The van der Waals surface area contributed by atoms with Gasteiger partial charge < -0.3 is 4.74 Å². The Hall–Kier alpha value is -1.53. The molecule has 3 aromatic rings. The maximum Gasteiger partial charge on any atom is 0.213 e. The van der Waals surface area contributed by atoms with Gasteiger partial charge in [0, 0.05) is 27.0 Å². The second-order valence-corrected chi connectivity index (χ2v) is 9.16. The molecule has 0 unspecified atom stereocenters. The average molecular weight is 480 g/mol. The topological polar surface area (TPSA) is 24.8 Å². The van der Waals surface area contributed by atoms with Crippen molar-refractivity contribution in [1.29, 1.82) is 0 Å². The monoisotopic (exact) mass is 478 g/mol. The van der Waals surface area contributed by atoms with E-state index in [1.165, 1.54) is 4.88 Å². The fraction of sp³-hybridized carbons (Fsp3) is 0.150. The van der Waals surface area contributed by atoms with Crippen molar-refractivity contribution >= 4 is 56.2 Å². The third kappa shape index (κ3) is 3.07. The third-order valence-electron chi connectivity index (χ3n) is 4.77. The van der Waals surface area contributed by atoms with Crippen molar-refractivity contribution in [2.75, 3.05) is 0 Å². The first-order valence-corrected chi connectivity index (χ1v) is 10.8. The number of rotatable bonds is 2. The SMILES string of the molecule is Clc1cc(Cl)c2c(c1)[C@@H]1CC(c3cccs3)=NN1[C@H](c1ccc(Br)cc1)O2. The molecule has 0 radical (unpaired) electrons. The van der Waals surface area contributed by atoms with E-state index in [1.807, 2.05) is 41.4 Å². The van der Waals surface area contributed by atoms with E-state index in [4.69, 9.17) is 33.0 Å². The first-order valence-electron chi connectivity index (χ1n) is 8.41. The highest BCUT2D eigenvalue weighted by Gasteiger charge is 2.42. The Kier molecular flexibility index (Phi) is 4.43. The number of hydrazone groups is 1. The van der Waals surface area contributed by atoms with Crippen molar-refractivity contribution in [2.24, 2.45) is 5.10 Å². The number of hydrogen-bond donors (Lipinski definition) is 0. The van der Waals surface area contributed by atoms with Gasteiger partial charge in [-0.15, -0.1) is 11.3 Å². The fourth-order valence-corrected chi connectivity index (χ4v) is 5.09. The molecule has 3 nitrogen and oxygen atoms in total. The molecule has 2 aliphatic rings. The Morgan fingerprint density at radius 2 is 1.96 bits per heavy atom. The Bertz CT molecular complexity index is 1040. The van der Waals surface area contributed by atoms with Crippen LogP contribution in [0.15, 0.2) is 63.5 Å². The maximum absolute atomic E-state index is 6.48. The summed E-state index contributed by atoms with van der Waals surface area (Å²) in [5.41, 5.74) is 3.07. The van der Waals surface area contributed by atoms with Crippen LogP contribution in [0.4, 0.5) is 0 Å². The van der Waals surface area contributed by atoms with E-state index in [0.29, 0.717) is 15.8 Å². The summed E-state index contributed by atoms with van der Waals surface area (Å²) in [6, 6.07) is 15.9. The van der Waals surface area contributed by atoms with Gasteiger partial charge in [-0.25, -0.2) is 5.01 Å². The maximum atomic E-state index is 6.48. The summed E-state index contributed by atoms with van der Waals surface area (Å²) < 4.78 is 7.36. The molecule has 0 saturated carbocycles. The summed E-state index contributed by atoms with van der Waals surface area (Å²) in [7, 11) is 0. The van der Waals surface area contributed by atoms with Crippen molar-refractivity contribution in [3.8, 4) is 5.75 Å². The van der Waals surface area contributed by atoms with E-state index in [-0.39, 0.29) is 12.3 Å². The molecule has 3 heterocycles. The molecule has 0 fully saturated rings.